The zero-order valence-corrected chi connectivity index (χ0v) is 11.4. The first kappa shape index (κ1) is 15.4. The Morgan fingerprint density at radius 2 is 2.32 bits per heavy atom. The molecule has 1 aliphatic rings. The van der Waals surface area contributed by atoms with Crippen molar-refractivity contribution in [2.75, 3.05) is 6.54 Å². The lowest BCUT2D eigenvalue weighted by Gasteiger charge is -2.36. The van der Waals surface area contributed by atoms with E-state index in [-0.39, 0.29) is 24.7 Å². The maximum atomic E-state index is 13.2. The van der Waals surface area contributed by atoms with Gasteiger partial charge in [-0.3, -0.25) is 0 Å². The monoisotopic (exact) mass is 305 g/mol. The van der Waals surface area contributed by atoms with Gasteiger partial charge in [-0.1, -0.05) is 0 Å². The quantitative estimate of drug-likeness (QED) is 0.834. The first-order valence-electron chi connectivity index (χ1n) is 6.51. The van der Waals surface area contributed by atoms with Crippen LogP contribution in [0.25, 0.3) is 0 Å². The van der Waals surface area contributed by atoms with Crippen molar-refractivity contribution in [3.05, 3.63) is 17.8 Å². The van der Waals surface area contributed by atoms with E-state index >= 15 is 0 Å². The summed E-state index contributed by atoms with van der Waals surface area (Å²) < 4.78 is 18.7. The molecular weight excluding hydrogens is 293 g/mol. The van der Waals surface area contributed by atoms with Gasteiger partial charge in [-0.15, -0.1) is 0 Å². The molecular formula is C13H12FN5O3. The average Bonchev–Trinajstić information content (AvgIpc) is 2.47. The second-order valence-corrected chi connectivity index (χ2v) is 4.72. The van der Waals surface area contributed by atoms with Crippen LogP contribution >= 0.6 is 0 Å². The number of rotatable bonds is 3. The molecule has 1 N–H and O–H groups in total. The molecule has 8 nitrogen and oxygen atoms in total. The minimum absolute atomic E-state index is 0.0493. The van der Waals surface area contributed by atoms with Crippen LogP contribution in [0.3, 0.4) is 0 Å². The van der Waals surface area contributed by atoms with Crippen molar-refractivity contribution in [2.45, 2.75) is 31.4 Å². The Labute approximate surface area is 125 Å². The summed E-state index contributed by atoms with van der Waals surface area (Å²) in [5.41, 5.74) is 0. The van der Waals surface area contributed by atoms with Crippen molar-refractivity contribution in [1.82, 2.24) is 14.9 Å². The van der Waals surface area contributed by atoms with Gasteiger partial charge in [0.1, 0.15) is 12.2 Å². The van der Waals surface area contributed by atoms with Crippen LogP contribution in [0.1, 0.15) is 25.1 Å². The van der Waals surface area contributed by atoms with Crippen LogP contribution in [0.4, 0.5) is 9.18 Å². The van der Waals surface area contributed by atoms with Crippen LogP contribution in [-0.2, 0) is 0 Å². The highest BCUT2D eigenvalue weighted by Gasteiger charge is 2.32. The Morgan fingerprint density at radius 3 is 2.95 bits per heavy atom. The minimum Gasteiger partial charge on any atom is -0.474 e. The summed E-state index contributed by atoms with van der Waals surface area (Å²) in [5, 5.41) is 26.6. The summed E-state index contributed by atoms with van der Waals surface area (Å²) in [6.45, 7) is 0.213. The number of piperidine rings is 1. The molecule has 0 saturated carbocycles. The van der Waals surface area contributed by atoms with Gasteiger partial charge >= 0.3 is 6.09 Å². The molecule has 0 spiro atoms. The smallest absolute Gasteiger partial charge is 0.407 e. The third-order valence-electron chi connectivity index (χ3n) is 3.30. The number of hydrogen-bond acceptors (Lipinski definition) is 6. The Bertz CT molecular complexity index is 654. The van der Waals surface area contributed by atoms with Crippen LogP contribution in [-0.4, -0.2) is 44.8 Å². The number of nitrogens with zero attached hydrogens (tertiary/aromatic N) is 5. The fraction of sp³-hybridized carbons (Fsp3) is 0.462. The number of amides is 1. The Morgan fingerprint density at radius 1 is 1.55 bits per heavy atom. The summed E-state index contributed by atoms with van der Waals surface area (Å²) in [6.07, 6.45) is -0.753. The normalized spacial score (nSPS) is 20.8. The largest absolute Gasteiger partial charge is 0.474 e. The van der Waals surface area contributed by atoms with Gasteiger partial charge in [0, 0.05) is 19.4 Å². The van der Waals surface area contributed by atoms with E-state index in [1.807, 2.05) is 6.07 Å². The van der Waals surface area contributed by atoms with E-state index in [0.29, 0.717) is 12.8 Å². The van der Waals surface area contributed by atoms with Gasteiger partial charge in [-0.2, -0.15) is 24.9 Å². The van der Waals surface area contributed by atoms with Crippen molar-refractivity contribution in [3.8, 4) is 18.0 Å². The summed E-state index contributed by atoms with van der Waals surface area (Å²) in [6, 6.07) is 4.05. The molecule has 2 heterocycles. The van der Waals surface area contributed by atoms with Gasteiger partial charge in [0.15, 0.2) is 0 Å². The maximum absolute atomic E-state index is 13.2. The molecule has 1 fully saturated rings. The molecule has 1 amide bonds. The lowest BCUT2D eigenvalue weighted by Crippen LogP contribution is -2.48. The first-order valence-corrected chi connectivity index (χ1v) is 6.51. The maximum Gasteiger partial charge on any atom is 0.407 e. The Kier molecular flexibility index (Phi) is 4.69. The van der Waals surface area contributed by atoms with Gasteiger partial charge in [0.05, 0.1) is 24.6 Å². The molecule has 2 atom stereocenters. The molecule has 1 aromatic heterocycles. The van der Waals surface area contributed by atoms with E-state index in [1.54, 1.807) is 6.07 Å². The number of carboxylic acid groups (broad SMARTS) is 1. The van der Waals surface area contributed by atoms with Gasteiger partial charge in [-0.05, 0) is 0 Å². The summed E-state index contributed by atoms with van der Waals surface area (Å²) in [7, 11) is 0. The number of likely N-dealkylation sites (tertiary alicyclic amines) is 1. The highest BCUT2D eigenvalue weighted by Crippen LogP contribution is 2.24. The van der Waals surface area contributed by atoms with Crippen molar-refractivity contribution >= 4 is 6.09 Å². The molecule has 0 aromatic carbocycles. The number of hydrogen-bond donors (Lipinski definition) is 1. The van der Waals surface area contributed by atoms with E-state index in [0.717, 1.165) is 6.07 Å². The molecule has 0 aliphatic carbocycles. The topological polar surface area (TPSA) is 123 Å². The van der Waals surface area contributed by atoms with Gasteiger partial charge in [-0.25, -0.2) is 4.79 Å². The molecule has 1 aromatic rings. The van der Waals surface area contributed by atoms with E-state index < -0.39 is 24.2 Å². The standard InChI is InChI=1S/C13H12FN5O3/c14-10-6-12(18-11(7-16)17-10)22-9-2-4-19(13(20)21)8(5-9)1-3-15/h6,8-9H,1-2,4-5H2,(H,20,21). The third kappa shape index (κ3) is 3.58. The fourth-order valence-electron chi connectivity index (χ4n) is 2.35. The summed E-state index contributed by atoms with van der Waals surface area (Å²) in [4.78, 5) is 19.3. The number of nitriles is 2. The van der Waals surface area contributed by atoms with E-state index in [9.17, 15) is 9.18 Å². The highest BCUT2D eigenvalue weighted by atomic mass is 19.1. The molecule has 2 unspecified atom stereocenters. The highest BCUT2D eigenvalue weighted by molar-refractivity contribution is 5.65. The molecule has 114 valence electrons. The van der Waals surface area contributed by atoms with Crippen molar-refractivity contribution in [1.29, 1.82) is 10.5 Å². The minimum atomic E-state index is -1.08. The van der Waals surface area contributed by atoms with Crippen molar-refractivity contribution < 1.29 is 19.0 Å². The van der Waals surface area contributed by atoms with Gasteiger partial charge < -0.3 is 14.7 Å². The molecule has 1 aliphatic heterocycles. The Hall–Kier alpha value is -2.94. The predicted molar refractivity (Wildman–Crippen MR) is 69.1 cm³/mol. The van der Waals surface area contributed by atoms with Crippen LogP contribution in [0.2, 0.25) is 0 Å². The SMILES string of the molecule is N#CCC1CC(Oc2cc(F)nc(C#N)n2)CCN1C(=O)O. The summed E-state index contributed by atoms with van der Waals surface area (Å²) >= 11 is 0. The second-order valence-electron chi connectivity index (χ2n) is 4.72. The molecule has 2 rings (SSSR count). The van der Waals surface area contributed by atoms with Crippen LogP contribution in [0.15, 0.2) is 6.07 Å². The van der Waals surface area contributed by atoms with E-state index in [4.69, 9.17) is 20.4 Å². The number of ether oxygens (including phenoxy) is 1. The van der Waals surface area contributed by atoms with E-state index in [2.05, 4.69) is 9.97 Å². The number of halogens is 1. The molecule has 0 radical (unpaired) electrons. The zero-order valence-electron chi connectivity index (χ0n) is 11.4. The first-order chi connectivity index (χ1) is 10.5. The van der Waals surface area contributed by atoms with Crippen molar-refractivity contribution in [2.24, 2.45) is 0 Å². The second kappa shape index (κ2) is 6.68. The lowest BCUT2D eigenvalue weighted by atomic mass is 9.97. The molecule has 9 heteroatoms. The average molecular weight is 305 g/mol. The van der Waals surface area contributed by atoms with Crippen molar-refractivity contribution in [3.63, 3.8) is 0 Å². The Balaban J connectivity index is 2.09. The third-order valence-corrected chi connectivity index (χ3v) is 3.30. The summed E-state index contributed by atoms with van der Waals surface area (Å²) in [5.74, 6) is -1.29. The lowest BCUT2D eigenvalue weighted by molar-refractivity contribution is 0.0537. The van der Waals surface area contributed by atoms with Gasteiger partial charge in [0.2, 0.25) is 17.7 Å². The predicted octanol–water partition coefficient (Wildman–Crippen LogP) is 1.29. The van der Waals surface area contributed by atoms with Crippen LogP contribution in [0.5, 0.6) is 5.88 Å². The van der Waals surface area contributed by atoms with Crippen LogP contribution < -0.4 is 4.74 Å². The number of carbonyl (C=O) groups is 1. The van der Waals surface area contributed by atoms with Gasteiger partial charge in [0.25, 0.3) is 0 Å². The van der Waals surface area contributed by atoms with E-state index in [1.165, 1.54) is 4.90 Å². The zero-order chi connectivity index (χ0) is 16.1. The number of aromatic nitrogens is 2. The molecule has 22 heavy (non-hydrogen) atoms. The fourth-order valence-corrected chi connectivity index (χ4v) is 2.35. The molecule has 1 saturated heterocycles. The van der Waals surface area contributed by atoms with Crippen LogP contribution in [0, 0.1) is 28.6 Å². The molecule has 0 bridgehead atoms.